The molecule has 16 nitrogen and oxygen atoms in total. The van der Waals surface area contributed by atoms with Gasteiger partial charge >= 0.3 is 11.9 Å². The zero-order chi connectivity index (χ0) is 35.1. The molecule has 0 aliphatic heterocycles. The number of nitrogens with two attached hydrogens (primary N) is 3. The smallest absolute Gasteiger partial charge is 0.328 e. The van der Waals surface area contributed by atoms with Gasteiger partial charge in [-0.3, -0.25) is 14.4 Å². The number of aromatic hydroxyl groups is 2. The molecule has 1 aromatic heterocycles. The molecule has 0 aliphatic carbocycles. The summed E-state index contributed by atoms with van der Waals surface area (Å²) < 4.78 is 6.48. The van der Waals surface area contributed by atoms with Crippen molar-refractivity contribution in [3.8, 4) is 11.5 Å². The second-order valence-corrected chi connectivity index (χ2v) is 11.3. The lowest BCUT2D eigenvalue weighted by Gasteiger charge is -2.17. The van der Waals surface area contributed by atoms with Crippen molar-refractivity contribution in [2.75, 3.05) is 13.7 Å². The van der Waals surface area contributed by atoms with E-state index in [0.29, 0.717) is 42.5 Å². The van der Waals surface area contributed by atoms with Crippen molar-refractivity contribution in [1.29, 1.82) is 0 Å². The van der Waals surface area contributed by atoms with E-state index in [9.17, 15) is 44.7 Å². The molecule has 47 heavy (non-hydrogen) atoms. The van der Waals surface area contributed by atoms with E-state index in [1.54, 1.807) is 22.9 Å². The number of pyridine rings is 1. The Labute approximate surface area is 272 Å². The summed E-state index contributed by atoms with van der Waals surface area (Å²) in [6.07, 6.45) is 3.20. The fourth-order valence-electron chi connectivity index (χ4n) is 4.76. The third kappa shape index (κ3) is 13.5. The Balaban J connectivity index is 1.84. The molecule has 2 aromatic rings. The molecule has 2 rings (SSSR count). The summed E-state index contributed by atoms with van der Waals surface area (Å²) in [5, 5.41) is 53.1. The number of esters is 1. The third-order valence-electron chi connectivity index (χ3n) is 7.54. The number of aryl methyl sites for hydroxylation is 2. The highest BCUT2D eigenvalue weighted by Gasteiger charge is 2.24. The summed E-state index contributed by atoms with van der Waals surface area (Å²) in [5.41, 5.74) is 19.0. The molecule has 0 saturated carbocycles. The summed E-state index contributed by atoms with van der Waals surface area (Å²) in [4.78, 5) is 48.4. The van der Waals surface area contributed by atoms with Crippen LogP contribution in [0, 0.1) is 0 Å². The molecule has 1 heterocycles. The highest BCUT2D eigenvalue weighted by molar-refractivity contribution is 5.85. The molecular formula is C31H47N6O10+. The van der Waals surface area contributed by atoms with Crippen LogP contribution in [-0.4, -0.2) is 93.4 Å². The molecule has 0 aliphatic rings. The first-order chi connectivity index (χ1) is 22.2. The zero-order valence-electron chi connectivity index (χ0n) is 26.4. The minimum absolute atomic E-state index is 0.00176. The average Bonchev–Trinajstić information content (AvgIpc) is 3.03. The largest absolute Gasteiger partial charge is 0.508 e. The monoisotopic (exact) mass is 663 g/mol. The Morgan fingerprint density at radius 2 is 1.62 bits per heavy atom. The number of carboxylic acids is 1. The van der Waals surface area contributed by atoms with Crippen LogP contribution in [0.1, 0.15) is 48.8 Å². The molecule has 0 saturated heterocycles. The molecule has 0 fully saturated rings. The van der Waals surface area contributed by atoms with Crippen molar-refractivity contribution >= 4 is 23.8 Å². The number of amides is 2. The summed E-state index contributed by atoms with van der Waals surface area (Å²) in [7, 11) is 1.21. The minimum atomic E-state index is -1.73. The molecule has 0 spiro atoms. The lowest BCUT2D eigenvalue weighted by molar-refractivity contribution is -0.698. The maximum Gasteiger partial charge on any atom is 0.328 e. The zero-order valence-corrected chi connectivity index (χ0v) is 26.4. The molecule has 2 amide bonds. The number of aliphatic hydroxyl groups excluding tert-OH is 1. The maximum atomic E-state index is 12.5. The van der Waals surface area contributed by atoms with Crippen LogP contribution in [0.5, 0.6) is 11.5 Å². The van der Waals surface area contributed by atoms with Gasteiger partial charge in [-0.25, -0.2) is 9.36 Å². The van der Waals surface area contributed by atoms with Crippen LogP contribution in [0.3, 0.4) is 0 Å². The first-order valence-corrected chi connectivity index (χ1v) is 15.2. The van der Waals surface area contributed by atoms with Crippen molar-refractivity contribution in [2.45, 2.75) is 88.4 Å². The van der Waals surface area contributed by atoms with E-state index in [1.165, 1.54) is 25.4 Å². The summed E-state index contributed by atoms with van der Waals surface area (Å²) in [6, 6.07) is 2.21. The van der Waals surface area contributed by atoms with Gasteiger partial charge in [-0.2, -0.15) is 0 Å². The first kappa shape index (κ1) is 38.8. The number of aliphatic hydroxyl groups is 2. The van der Waals surface area contributed by atoms with Gasteiger partial charge in [-0.15, -0.1) is 0 Å². The predicted molar refractivity (Wildman–Crippen MR) is 167 cm³/mol. The van der Waals surface area contributed by atoms with Gasteiger partial charge in [0.15, 0.2) is 18.2 Å². The second-order valence-electron chi connectivity index (χ2n) is 11.3. The number of aromatic nitrogens is 1. The van der Waals surface area contributed by atoms with Gasteiger partial charge in [0.05, 0.1) is 19.2 Å². The molecule has 4 unspecified atom stereocenters. The van der Waals surface area contributed by atoms with Crippen molar-refractivity contribution < 1.29 is 54.0 Å². The number of ether oxygens (including phenoxy) is 1. The Kier molecular flexibility index (Phi) is 16.0. The SMILES string of the molecule is COC(=O)C(Cc1ccc(O)cc1)NC(=O)CCNC(=O)C(N)CCCC[n+]1cc(O)c(CC(N)C(=O)O)c(CCC(N)C(O)O)c1. The molecule has 260 valence electrons. The number of phenolic OH excluding ortho intramolecular Hbond substituents is 1. The number of nitrogens with one attached hydrogen (secondary N) is 2. The number of hydrogen-bond donors (Lipinski definition) is 10. The normalized spacial score (nSPS) is 13.8. The van der Waals surface area contributed by atoms with E-state index in [2.05, 4.69) is 10.6 Å². The fraction of sp³-hybridized carbons (Fsp3) is 0.516. The van der Waals surface area contributed by atoms with E-state index in [1.807, 2.05) is 0 Å². The van der Waals surface area contributed by atoms with Crippen LogP contribution in [0.25, 0.3) is 0 Å². The van der Waals surface area contributed by atoms with Gasteiger partial charge in [0.1, 0.15) is 24.4 Å². The van der Waals surface area contributed by atoms with Crippen molar-refractivity contribution in [2.24, 2.45) is 17.2 Å². The van der Waals surface area contributed by atoms with E-state index >= 15 is 0 Å². The maximum absolute atomic E-state index is 12.5. The standard InChI is InChI=1S/C31H46N6O10/c1-47-31(46)25(14-18-5-8-20(38)9-6-18)36-27(40)11-12-35-28(41)22(32)4-2-3-13-37-16-19(7-10-23(33)29(42)43)21(26(39)17-37)15-24(34)30(44)45/h5-6,8-9,16-17,22-25,29,42-43H,2-4,7,10-15,32-34H2,1H3,(H4-,35,36,38,39,40,41,44,45)/p+1. The van der Waals surface area contributed by atoms with Crippen LogP contribution in [0.15, 0.2) is 36.7 Å². The molecule has 0 bridgehead atoms. The molecule has 13 N–H and O–H groups in total. The number of carboxylic acid groups (broad SMARTS) is 1. The van der Waals surface area contributed by atoms with Crippen LogP contribution in [-0.2, 0) is 49.7 Å². The molecule has 16 heteroatoms. The Hall–Kier alpha value is -4.35. The molecular weight excluding hydrogens is 616 g/mol. The van der Waals surface area contributed by atoms with Crippen LogP contribution in [0.4, 0.5) is 0 Å². The van der Waals surface area contributed by atoms with E-state index in [4.69, 9.17) is 21.9 Å². The minimum Gasteiger partial charge on any atom is -0.508 e. The number of hydrogen-bond acceptors (Lipinski definition) is 12. The van der Waals surface area contributed by atoms with E-state index < -0.39 is 54.2 Å². The molecule has 0 radical (unpaired) electrons. The number of carbonyl (C=O) groups is 4. The average molecular weight is 664 g/mol. The van der Waals surface area contributed by atoms with Crippen molar-refractivity contribution in [3.63, 3.8) is 0 Å². The number of rotatable bonds is 20. The highest BCUT2D eigenvalue weighted by atomic mass is 16.5. The number of phenols is 1. The lowest BCUT2D eigenvalue weighted by Crippen LogP contribution is -2.45. The number of carbonyl (C=O) groups excluding carboxylic acids is 3. The lowest BCUT2D eigenvalue weighted by atomic mass is 9.96. The molecule has 4 atom stereocenters. The second kappa shape index (κ2) is 19.3. The number of benzene rings is 1. The van der Waals surface area contributed by atoms with Gasteiger partial charge < -0.3 is 58.1 Å². The predicted octanol–water partition coefficient (Wildman–Crippen LogP) is -2.19. The van der Waals surface area contributed by atoms with Gasteiger partial charge in [0.25, 0.3) is 0 Å². The van der Waals surface area contributed by atoms with Crippen LogP contribution < -0.4 is 32.4 Å². The topological polar surface area (TPSA) is 285 Å². The number of nitrogens with zero attached hydrogens (tertiary/aromatic N) is 1. The summed E-state index contributed by atoms with van der Waals surface area (Å²) >= 11 is 0. The molecule has 1 aromatic carbocycles. The Bertz CT molecular complexity index is 1340. The Morgan fingerprint density at radius 3 is 2.23 bits per heavy atom. The van der Waals surface area contributed by atoms with Crippen molar-refractivity contribution in [3.05, 3.63) is 53.3 Å². The van der Waals surface area contributed by atoms with Crippen LogP contribution >= 0.6 is 0 Å². The van der Waals surface area contributed by atoms with E-state index in [-0.39, 0.29) is 50.1 Å². The summed E-state index contributed by atoms with van der Waals surface area (Å²) in [6.45, 7) is 0.429. The number of unbranched alkanes of at least 4 members (excludes halogenated alkanes) is 1. The van der Waals surface area contributed by atoms with Gasteiger partial charge in [0, 0.05) is 43.4 Å². The quantitative estimate of drug-likeness (QED) is 0.0312. The number of aliphatic carboxylic acids is 1. The van der Waals surface area contributed by atoms with Gasteiger partial charge in [-0.05, 0) is 43.4 Å². The Morgan fingerprint density at radius 1 is 0.936 bits per heavy atom. The fourth-order valence-corrected chi connectivity index (χ4v) is 4.76. The third-order valence-corrected chi connectivity index (χ3v) is 7.54. The van der Waals surface area contributed by atoms with Gasteiger partial charge in [-0.1, -0.05) is 12.1 Å². The summed E-state index contributed by atoms with van der Waals surface area (Å²) in [5.74, 6) is -2.87. The first-order valence-electron chi connectivity index (χ1n) is 15.2. The van der Waals surface area contributed by atoms with Gasteiger partial charge in [0.2, 0.25) is 18.0 Å². The number of methoxy groups -OCH3 is 1. The van der Waals surface area contributed by atoms with Crippen LogP contribution in [0.2, 0.25) is 0 Å². The van der Waals surface area contributed by atoms with Crippen molar-refractivity contribution in [1.82, 2.24) is 10.6 Å². The van der Waals surface area contributed by atoms with E-state index in [0.717, 1.165) is 0 Å². The highest BCUT2D eigenvalue weighted by Crippen LogP contribution is 2.22.